The van der Waals surface area contributed by atoms with Gasteiger partial charge in [0.15, 0.2) is 0 Å². The summed E-state index contributed by atoms with van der Waals surface area (Å²) in [5.74, 6) is -0.186. The third-order valence-electron chi connectivity index (χ3n) is 11.2. The molecule has 6 N–H and O–H groups in total. The second-order valence-electron chi connectivity index (χ2n) is 15.6. The summed E-state index contributed by atoms with van der Waals surface area (Å²) in [5, 5.41) is 30.7. The van der Waals surface area contributed by atoms with Gasteiger partial charge < -0.3 is 40.4 Å². The van der Waals surface area contributed by atoms with Crippen LogP contribution in [0, 0.1) is 0 Å². The molecule has 1 aliphatic heterocycles. The van der Waals surface area contributed by atoms with Crippen LogP contribution < -0.4 is 26.4 Å². The van der Waals surface area contributed by atoms with E-state index in [0.717, 1.165) is 46.6 Å². The molecule has 0 bridgehead atoms. The Balaban J connectivity index is 0.791. The number of nitrogens with zero attached hydrogens (tertiary/aromatic N) is 2. The number of amides is 3. The van der Waals surface area contributed by atoms with Crippen molar-refractivity contribution < 1.29 is 29.3 Å². The lowest BCUT2D eigenvalue weighted by molar-refractivity contribution is -0.120. The van der Waals surface area contributed by atoms with E-state index in [4.69, 9.17) is 4.74 Å². The van der Waals surface area contributed by atoms with Crippen molar-refractivity contribution >= 4 is 40.2 Å². The Morgan fingerprint density at radius 2 is 1.58 bits per heavy atom. The number of piperidine rings is 1. The number of ether oxygens (including phenoxy) is 1. The zero-order valence-electron chi connectivity index (χ0n) is 34.7. The number of aromatic amines is 1. The molecule has 7 rings (SSSR count). The van der Waals surface area contributed by atoms with Crippen LogP contribution in [0.1, 0.15) is 47.6 Å². The number of phenolic OH excluding ortho intramolecular Hbond substituents is 1. The first-order chi connectivity index (χ1) is 30.1. The van der Waals surface area contributed by atoms with E-state index in [1.807, 2.05) is 103 Å². The highest BCUT2D eigenvalue weighted by Gasteiger charge is 2.24. The summed E-state index contributed by atoms with van der Waals surface area (Å²) in [5.41, 5.74) is 6.65. The number of hydrogen-bond acceptors (Lipinski definition) is 9. The summed E-state index contributed by atoms with van der Waals surface area (Å²) < 4.78 is 5.77. The summed E-state index contributed by atoms with van der Waals surface area (Å²) in [7, 11) is 1.76. The fourth-order valence-electron chi connectivity index (χ4n) is 7.72. The molecule has 62 heavy (non-hydrogen) atoms. The number of carbonyl (C=O) groups is 3. The number of nitrogens with one attached hydrogen (secondary N) is 4. The Bertz CT molecular complexity index is 2540. The predicted octanol–water partition coefficient (Wildman–Crippen LogP) is 6.65. The second-order valence-corrected chi connectivity index (χ2v) is 15.6. The van der Waals surface area contributed by atoms with Crippen molar-refractivity contribution in [1.82, 2.24) is 20.5 Å². The van der Waals surface area contributed by atoms with Crippen molar-refractivity contribution in [2.24, 2.45) is 0 Å². The molecule has 1 atom stereocenters. The number of carbonyl (C=O) groups excluding carboxylic acids is 3. The van der Waals surface area contributed by atoms with Crippen LogP contribution in [-0.4, -0.2) is 77.3 Å². The molecule has 5 aromatic carbocycles. The smallest absolute Gasteiger partial charge is 0.411 e. The van der Waals surface area contributed by atoms with Gasteiger partial charge in [-0.2, -0.15) is 0 Å². The highest BCUT2D eigenvalue weighted by molar-refractivity contribution is 5.93. The van der Waals surface area contributed by atoms with Crippen LogP contribution >= 0.6 is 0 Å². The van der Waals surface area contributed by atoms with Crippen LogP contribution in [0.4, 0.5) is 16.2 Å². The topological polar surface area (TPSA) is 176 Å². The zero-order valence-corrected chi connectivity index (χ0v) is 34.7. The van der Waals surface area contributed by atoms with Gasteiger partial charge in [0, 0.05) is 75.4 Å². The number of aromatic hydroxyl groups is 1. The van der Waals surface area contributed by atoms with Crippen molar-refractivity contribution in [2.75, 3.05) is 43.4 Å². The van der Waals surface area contributed by atoms with Crippen LogP contribution in [-0.2, 0) is 33.8 Å². The highest BCUT2D eigenvalue weighted by Crippen LogP contribution is 2.30. The third-order valence-corrected chi connectivity index (χ3v) is 11.2. The van der Waals surface area contributed by atoms with Gasteiger partial charge in [-0.25, -0.2) is 4.79 Å². The number of pyridine rings is 1. The molecule has 0 radical (unpaired) electrons. The number of phenols is 1. The van der Waals surface area contributed by atoms with Gasteiger partial charge in [0.05, 0.1) is 23.7 Å². The Labute approximate surface area is 360 Å². The maximum atomic E-state index is 13.1. The zero-order chi connectivity index (χ0) is 43.4. The number of rotatable bonds is 16. The van der Waals surface area contributed by atoms with Gasteiger partial charge in [0.1, 0.15) is 11.9 Å². The number of aliphatic hydroxyl groups is 1. The van der Waals surface area contributed by atoms with Crippen LogP contribution in [0.2, 0.25) is 0 Å². The minimum atomic E-state index is -0.881. The first-order valence-corrected chi connectivity index (χ1v) is 20.9. The lowest BCUT2D eigenvalue weighted by Gasteiger charge is -2.31. The van der Waals surface area contributed by atoms with Gasteiger partial charge in [0.25, 0.3) is 0 Å². The number of aliphatic hydroxyl groups excluding tert-OH is 1. The van der Waals surface area contributed by atoms with Gasteiger partial charge in [-0.15, -0.1) is 0 Å². The number of likely N-dealkylation sites (tertiary alicyclic amines) is 1. The largest absolute Gasteiger partial charge is 0.506 e. The molecular weight excluding hydrogens is 785 g/mol. The Hall–Kier alpha value is -6.80. The molecule has 1 saturated heterocycles. The number of benzene rings is 5. The number of para-hydroxylation sites is 1. The standard InChI is InChI=1S/C49H52N6O7/c1-54(47(60)24-27-55-25-22-38(23-26-55)62-49(61)52-42-13-6-5-12-39(42)36-10-3-2-4-11-36)37-16-14-33(15-17-37)31-51-46(59)29-34-8-7-9-35(28-34)30-50-32-44(57)40-18-20-43(56)48-41(40)19-21-45(58)53-48/h2-21,28,38,44,50,56-57H,22-27,29-32H2,1H3,(H,51,59)(H,52,61)(H,53,58)/t44-/m0/s1. The molecule has 1 aliphatic rings. The Morgan fingerprint density at radius 3 is 2.37 bits per heavy atom. The monoisotopic (exact) mass is 836 g/mol. The number of H-pyrrole nitrogens is 1. The van der Waals surface area contributed by atoms with Crippen LogP contribution in [0.3, 0.4) is 0 Å². The normalized spacial score (nSPS) is 13.6. The number of anilines is 2. The van der Waals surface area contributed by atoms with Crippen molar-refractivity contribution in [3.63, 3.8) is 0 Å². The fourth-order valence-corrected chi connectivity index (χ4v) is 7.72. The van der Waals surface area contributed by atoms with Crippen LogP contribution in [0.5, 0.6) is 5.75 Å². The van der Waals surface area contributed by atoms with Gasteiger partial charge in [-0.3, -0.25) is 19.7 Å². The Morgan fingerprint density at radius 1 is 0.839 bits per heavy atom. The Kier molecular flexibility index (Phi) is 14.4. The summed E-state index contributed by atoms with van der Waals surface area (Å²) in [6.07, 6.45) is 0.406. The molecule has 0 unspecified atom stereocenters. The molecule has 13 heteroatoms. The van der Waals surface area contributed by atoms with E-state index < -0.39 is 12.2 Å². The molecule has 0 aliphatic carbocycles. The number of aromatic nitrogens is 1. The highest BCUT2D eigenvalue weighted by atomic mass is 16.6. The molecule has 6 aromatic rings. The maximum Gasteiger partial charge on any atom is 0.411 e. The number of hydrogen-bond donors (Lipinski definition) is 6. The van der Waals surface area contributed by atoms with E-state index >= 15 is 0 Å². The first kappa shape index (κ1) is 43.3. The second kappa shape index (κ2) is 20.6. The van der Waals surface area contributed by atoms with Crippen molar-refractivity contribution in [3.8, 4) is 16.9 Å². The molecule has 3 amide bonds. The van der Waals surface area contributed by atoms with E-state index in [1.165, 1.54) is 12.1 Å². The van der Waals surface area contributed by atoms with Crippen molar-refractivity contribution in [2.45, 2.75) is 51.0 Å². The summed E-state index contributed by atoms with van der Waals surface area (Å²) in [6.45, 7) is 3.12. The molecule has 320 valence electrons. The summed E-state index contributed by atoms with van der Waals surface area (Å²) in [4.78, 5) is 57.1. The average Bonchev–Trinajstić information content (AvgIpc) is 3.28. The first-order valence-electron chi connectivity index (χ1n) is 20.9. The van der Waals surface area contributed by atoms with Gasteiger partial charge in [0.2, 0.25) is 17.4 Å². The SMILES string of the molecule is CN(C(=O)CCN1CCC(OC(=O)Nc2ccccc2-c2ccccc2)CC1)c1ccc(CNC(=O)Cc2cccc(CNC[C@H](O)c3ccc(O)c4[nH]c(=O)ccc34)c2)cc1. The van der Waals surface area contributed by atoms with Crippen LogP contribution in [0.25, 0.3) is 22.0 Å². The van der Waals surface area contributed by atoms with E-state index in [9.17, 15) is 29.4 Å². The molecule has 1 fully saturated rings. The fraction of sp³-hybridized carbons (Fsp3) is 0.265. The molecule has 1 aromatic heterocycles. The lowest BCUT2D eigenvalue weighted by Crippen LogP contribution is -2.40. The van der Waals surface area contributed by atoms with E-state index in [2.05, 4.69) is 25.8 Å². The number of fused-ring (bicyclic) bond motifs is 1. The minimum Gasteiger partial charge on any atom is -0.506 e. The minimum absolute atomic E-state index is 0.000845. The van der Waals surface area contributed by atoms with Gasteiger partial charge >= 0.3 is 6.09 Å². The van der Waals surface area contributed by atoms with Crippen molar-refractivity contribution in [1.29, 1.82) is 0 Å². The van der Waals surface area contributed by atoms with Gasteiger partial charge in [-0.05, 0) is 71.0 Å². The van der Waals surface area contributed by atoms with E-state index in [1.54, 1.807) is 24.1 Å². The van der Waals surface area contributed by atoms with E-state index in [0.29, 0.717) is 55.5 Å². The molecule has 0 spiro atoms. The molecule has 0 saturated carbocycles. The summed E-state index contributed by atoms with van der Waals surface area (Å²) in [6, 6.07) is 38.8. The quantitative estimate of drug-likeness (QED) is 0.0624. The molecule has 13 nitrogen and oxygen atoms in total. The maximum absolute atomic E-state index is 13.1. The van der Waals surface area contributed by atoms with Crippen LogP contribution in [0.15, 0.2) is 132 Å². The molecule has 2 heterocycles. The lowest BCUT2D eigenvalue weighted by atomic mass is 10.0. The van der Waals surface area contributed by atoms with E-state index in [-0.39, 0.29) is 47.7 Å². The van der Waals surface area contributed by atoms with Crippen molar-refractivity contribution in [3.05, 3.63) is 160 Å². The average molecular weight is 837 g/mol. The molecular formula is C49H52N6O7. The predicted molar refractivity (Wildman–Crippen MR) is 241 cm³/mol. The van der Waals surface area contributed by atoms with Gasteiger partial charge in [-0.1, -0.05) is 91.0 Å². The third kappa shape index (κ3) is 11.5. The summed E-state index contributed by atoms with van der Waals surface area (Å²) >= 11 is 0.